The Morgan fingerprint density at radius 1 is 1.70 bits per heavy atom. The fourth-order valence-electron chi connectivity index (χ4n) is 0.939. The molecule has 0 bridgehead atoms. The molecule has 0 aromatic heterocycles. The summed E-state index contributed by atoms with van der Waals surface area (Å²) < 4.78 is 4.75. The molecule has 0 saturated carbocycles. The van der Waals surface area contributed by atoms with E-state index < -0.39 is 6.10 Å². The average molecular weight is 142 g/mol. The van der Waals surface area contributed by atoms with Gasteiger partial charge in [-0.25, -0.2) is 0 Å². The Hall–Kier alpha value is -0.830. The molecule has 0 spiro atoms. The molecule has 2 atom stereocenters. The zero-order valence-electron chi connectivity index (χ0n) is 6.00. The van der Waals surface area contributed by atoms with E-state index in [4.69, 9.17) is 4.74 Å². The summed E-state index contributed by atoms with van der Waals surface area (Å²) >= 11 is 0. The number of ketones is 1. The maximum Gasteiger partial charge on any atom is 0.164 e. The van der Waals surface area contributed by atoms with Gasteiger partial charge in [0.2, 0.25) is 0 Å². The second-order valence-corrected chi connectivity index (χ2v) is 2.39. The fourth-order valence-corrected chi connectivity index (χ4v) is 0.939. The quantitative estimate of drug-likeness (QED) is 0.564. The number of hydrogen-bond donors (Lipinski definition) is 1. The zero-order valence-corrected chi connectivity index (χ0v) is 6.00. The van der Waals surface area contributed by atoms with Crippen molar-refractivity contribution in [2.75, 3.05) is 7.11 Å². The first-order valence-electron chi connectivity index (χ1n) is 3.14. The largest absolute Gasteiger partial charge is 0.498 e. The summed E-state index contributed by atoms with van der Waals surface area (Å²) in [4.78, 5) is 10.8. The molecule has 0 unspecified atom stereocenters. The van der Waals surface area contributed by atoms with Crippen LogP contribution in [0.25, 0.3) is 0 Å². The second kappa shape index (κ2) is 2.42. The first-order chi connectivity index (χ1) is 4.66. The van der Waals surface area contributed by atoms with Crippen LogP contribution in [0.5, 0.6) is 0 Å². The Morgan fingerprint density at radius 2 is 2.30 bits per heavy atom. The topological polar surface area (TPSA) is 46.5 Å². The van der Waals surface area contributed by atoms with E-state index in [0.717, 1.165) is 0 Å². The van der Waals surface area contributed by atoms with Crippen molar-refractivity contribution in [1.82, 2.24) is 0 Å². The van der Waals surface area contributed by atoms with Gasteiger partial charge in [0.15, 0.2) is 5.78 Å². The Balaban J connectivity index is 2.78. The van der Waals surface area contributed by atoms with E-state index in [1.165, 1.54) is 13.2 Å². The zero-order chi connectivity index (χ0) is 7.72. The lowest BCUT2D eigenvalue weighted by atomic mass is 10.1. The molecule has 1 aliphatic carbocycles. The number of methoxy groups -OCH3 is 1. The van der Waals surface area contributed by atoms with Gasteiger partial charge in [0.05, 0.1) is 13.0 Å². The van der Waals surface area contributed by atoms with Gasteiger partial charge in [-0.15, -0.1) is 0 Å². The number of ether oxygens (including phenoxy) is 1. The Labute approximate surface area is 59.3 Å². The normalized spacial score (nSPS) is 32.3. The molecule has 0 saturated heterocycles. The van der Waals surface area contributed by atoms with E-state index in [0.29, 0.717) is 5.76 Å². The van der Waals surface area contributed by atoms with Crippen molar-refractivity contribution in [1.29, 1.82) is 0 Å². The van der Waals surface area contributed by atoms with Gasteiger partial charge in [0.1, 0.15) is 11.9 Å². The molecular weight excluding hydrogens is 132 g/mol. The number of aliphatic hydroxyl groups excluding tert-OH is 1. The van der Waals surface area contributed by atoms with Gasteiger partial charge in [-0.1, -0.05) is 6.92 Å². The monoisotopic (exact) mass is 142 g/mol. The summed E-state index contributed by atoms with van der Waals surface area (Å²) in [6.45, 7) is 1.68. The summed E-state index contributed by atoms with van der Waals surface area (Å²) in [5.74, 6) is -0.0307. The smallest absolute Gasteiger partial charge is 0.164 e. The van der Waals surface area contributed by atoms with Gasteiger partial charge in [0.25, 0.3) is 0 Å². The van der Waals surface area contributed by atoms with Crippen molar-refractivity contribution in [2.45, 2.75) is 13.0 Å². The summed E-state index contributed by atoms with van der Waals surface area (Å²) in [7, 11) is 1.44. The average Bonchev–Trinajstić information content (AvgIpc) is 2.17. The molecule has 0 fully saturated rings. The van der Waals surface area contributed by atoms with Crippen molar-refractivity contribution in [3.8, 4) is 0 Å². The first kappa shape index (κ1) is 7.28. The third-order valence-electron chi connectivity index (χ3n) is 1.73. The van der Waals surface area contributed by atoms with Crippen LogP contribution in [0.4, 0.5) is 0 Å². The van der Waals surface area contributed by atoms with E-state index >= 15 is 0 Å². The van der Waals surface area contributed by atoms with Crippen molar-refractivity contribution in [2.24, 2.45) is 5.92 Å². The van der Waals surface area contributed by atoms with Crippen LogP contribution in [-0.2, 0) is 9.53 Å². The Kier molecular flexibility index (Phi) is 1.76. The van der Waals surface area contributed by atoms with E-state index in [9.17, 15) is 9.90 Å². The van der Waals surface area contributed by atoms with Crippen LogP contribution in [-0.4, -0.2) is 24.1 Å². The van der Waals surface area contributed by atoms with Crippen molar-refractivity contribution in [3.05, 3.63) is 11.8 Å². The van der Waals surface area contributed by atoms with Crippen LogP contribution in [0.3, 0.4) is 0 Å². The Bertz CT molecular complexity index is 183. The number of rotatable bonds is 1. The molecule has 1 N–H and O–H groups in total. The van der Waals surface area contributed by atoms with E-state index in [-0.39, 0.29) is 11.7 Å². The number of carbonyl (C=O) groups is 1. The summed E-state index contributed by atoms with van der Waals surface area (Å²) in [6, 6.07) is 0. The highest BCUT2D eigenvalue weighted by molar-refractivity contribution is 5.95. The highest BCUT2D eigenvalue weighted by atomic mass is 16.5. The molecule has 0 radical (unpaired) electrons. The van der Waals surface area contributed by atoms with E-state index in [2.05, 4.69) is 0 Å². The molecule has 0 aromatic carbocycles. The molecule has 10 heavy (non-hydrogen) atoms. The SMILES string of the molecule is COC1=CC(=O)[C@H](C)[C@H]1O. The lowest BCUT2D eigenvalue weighted by molar-refractivity contribution is -0.118. The third kappa shape index (κ3) is 0.926. The summed E-state index contributed by atoms with van der Waals surface area (Å²) in [6.07, 6.45) is 0.604. The summed E-state index contributed by atoms with van der Waals surface area (Å²) in [5.41, 5.74) is 0. The van der Waals surface area contributed by atoms with Crippen LogP contribution in [0, 0.1) is 5.92 Å². The molecule has 56 valence electrons. The van der Waals surface area contributed by atoms with Crippen LogP contribution in [0.2, 0.25) is 0 Å². The highest BCUT2D eigenvalue weighted by Gasteiger charge is 2.31. The van der Waals surface area contributed by atoms with Crippen molar-refractivity contribution < 1.29 is 14.6 Å². The minimum absolute atomic E-state index is 0.0654. The molecule has 3 nitrogen and oxygen atoms in total. The molecular formula is C7H10O3. The van der Waals surface area contributed by atoms with Crippen LogP contribution < -0.4 is 0 Å². The molecule has 1 rings (SSSR count). The molecule has 1 aliphatic rings. The lowest BCUT2D eigenvalue weighted by Crippen LogP contribution is -2.19. The maximum absolute atomic E-state index is 10.8. The number of hydrogen-bond acceptors (Lipinski definition) is 3. The highest BCUT2D eigenvalue weighted by Crippen LogP contribution is 2.21. The molecule has 3 heteroatoms. The van der Waals surface area contributed by atoms with Gasteiger partial charge >= 0.3 is 0 Å². The standard InChI is InChI=1S/C7H10O3/c1-4-5(8)3-6(10-2)7(4)9/h3-4,7,9H,1-2H3/t4-,7+/m0/s1. The van der Waals surface area contributed by atoms with E-state index in [1.54, 1.807) is 6.92 Å². The summed E-state index contributed by atoms with van der Waals surface area (Å²) in [5, 5.41) is 9.21. The van der Waals surface area contributed by atoms with Gasteiger partial charge in [0, 0.05) is 6.08 Å². The lowest BCUT2D eigenvalue weighted by Gasteiger charge is -2.09. The van der Waals surface area contributed by atoms with E-state index in [1.807, 2.05) is 0 Å². The first-order valence-corrected chi connectivity index (χ1v) is 3.14. The van der Waals surface area contributed by atoms with Gasteiger partial charge in [-0.3, -0.25) is 4.79 Å². The molecule has 0 aliphatic heterocycles. The van der Waals surface area contributed by atoms with Crippen molar-refractivity contribution >= 4 is 5.78 Å². The minimum atomic E-state index is -0.738. The van der Waals surface area contributed by atoms with Gasteiger partial charge < -0.3 is 9.84 Å². The minimum Gasteiger partial charge on any atom is -0.498 e. The van der Waals surface area contributed by atoms with Crippen LogP contribution >= 0.6 is 0 Å². The number of carbonyl (C=O) groups excluding carboxylic acids is 1. The molecule has 0 aromatic rings. The number of allylic oxidation sites excluding steroid dienone is 1. The second-order valence-electron chi connectivity index (χ2n) is 2.39. The van der Waals surface area contributed by atoms with Crippen LogP contribution in [0.15, 0.2) is 11.8 Å². The Morgan fingerprint density at radius 3 is 2.50 bits per heavy atom. The maximum atomic E-state index is 10.8. The predicted octanol–water partition coefficient (Wildman–Crippen LogP) is 0.0964. The molecule has 0 amide bonds. The molecule has 0 heterocycles. The van der Waals surface area contributed by atoms with Gasteiger partial charge in [-0.2, -0.15) is 0 Å². The third-order valence-corrected chi connectivity index (χ3v) is 1.73. The van der Waals surface area contributed by atoms with Crippen molar-refractivity contribution in [3.63, 3.8) is 0 Å². The fraction of sp³-hybridized carbons (Fsp3) is 0.571. The predicted molar refractivity (Wildman–Crippen MR) is 35.3 cm³/mol. The number of aliphatic hydroxyl groups is 1. The van der Waals surface area contributed by atoms with Crippen LogP contribution in [0.1, 0.15) is 6.92 Å². The van der Waals surface area contributed by atoms with Gasteiger partial charge in [-0.05, 0) is 0 Å².